The quantitative estimate of drug-likeness (QED) is 0.841. The van der Waals surface area contributed by atoms with Gasteiger partial charge in [-0.05, 0) is 44.9 Å². The topological polar surface area (TPSA) is 29.5 Å². The number of rotatable bonds is 3. The van der Waals surface area contributed by atoms with Crippen LogP contribution in [0.5, 0.6) is 0 Å². The van der Waals surface area contributed by atoms with Gasteiger partial charge in [-0.2, -0.15) is 0 Å². The Labute approximate surface area is 113 Å². The molecular weight excluding hydrogens is 245 g/mol. The van der Waals surface area contributed by atoms with Crippen molar-refractivity contribution in [1.82, 2.24) is 4.90 Å². The average Bonchev–Trinajstić information content (AvgIpc) is 2.38. The van der Waals surface area contributed by atoms with E-state index in [0.717, 1.165) is 12.8 Å². The first kappa shape index (κ1) is 14.0. The molecule has 0 saturated carbocycles. The van der Waals surface area contributed by atoms with Crippen molar-refractivity contribution in [3.05, 3.63) is 35.6 Å². The van der Waals surface area contributed by atoms with Gasteiger partial charge in [-0.25, -0.2) is 4.39 Å². The van der Waals surface area contributed by atoms with Crippen molar-refractivity contribution in [3.63, 3.8) is 0 Å². The first-order valence-corrected chi connectivity index (χ1v) is 6.76. The van der Waals surface area contributed by atoms with Crippen molar-refractivity contribution in [3.8, 4) is 0 Å². The largest absolute Gasteiger partial charge is 0.375 e. The fraction of sp³-hybridized carbons (Fsp3) is 0.533. The van der Waals surface area contributed by atoms with Crippen LogP contribution in [0.3, 0.4) is 0 Å². The van der Waals surface area contributed by atoms with E-state index in [1.807, 2.05) is 13.8 Å². The lowest BCUT2D eigenvalue weighted by Gasteiger charge is -2.32. The smallest absolute Gasteiger partial charge is 0.253 e. The van der Waals surface area contributed by atoms with Gasteiger partial charge in [0.05, 0.1) is 12.2 Å². The molecule has 3 nitrogen and oxygen atoms in total. The third-order valence-electron chi connectivity index (χ3n) is 3.27. The Morgan fingerprint density at radius 3 is 2.63 bits per heavy atom. The molecule has 1 fully saturated rings. The van der Waals surface area contributed by atoms with E-state index < -0.39 is 0 Å². The molecular formula is C15H20FNO2. The van der Waals surface area contributed by atoms with Crippen molar-refractivity contribution in [1.29, 1.82) is 0 Å². The molecule has 0 atom stereocenters. The summed E-state index contributed by atoms with van der Waals surface area (Å²) in [5.41, 5.74) is 0.420. The Morgan fingerprint density at radius 2 is 2.05 bits per heavy atom. The molecule has 0 unspecified atom stereocenters. The molecule has 0 spiro atoms. The maximum Gasteiger partial charge on any atom is 0.253 e. The zero-order chi connectivity index (χ0) is 13.8. The van der Waals surface area contributed by atoms with Crippen LogP contribution in [0.15, 0.2) is 24.3 Å². The lowest BCUT2D eigenvalue weighted by atomic mass is 10.1. The standard InChI is InChI=1S/C15H20FNO2/c1-11(2)19-14-6-8-17(9-7-14)15(18)12-4-3-5-13(16)10-12/h3-5,10-11,14H,6-9H2,1-2H3. The van der Waals surface area contributed by atoms with Gasteiger partial charge in [0.1, 0.15) is 5.82 Å². The van der Waals surface area contributed by atoms with Crippen molar-refractivity contribution >= 4 is 5.91 Å². The molecule has 1 amide bonds. The molecule has 0 aromatic heterocycles. The summed E-state index contributed by atoms with van der Waals surface area (Å²) >= 11 is 0. The second-order valence-corrected chi connectivity index (χ2v) is 5.19. The van der Waals surface area contributed by atoms with Crippen molar-refractivity contribution in [2.45, 2.75) is 38.9 Å². The van der Waals surface area contributed by atoms with Gasteiger partial charge in [0, 0.05) is 18.7 Å². The molecule has 19 heavy (non-hydrogen) atoms. The number of hydrogen-bond donors (Lipinski definition) is 0. The van der Waals surface area contributed by atoms with Crippen LogP contribution in [0, 0.1) is 5.82 Å². The molecule has 0 N–H and O–H groups in total. The normalized spacial score (nSPS) is 16.9. The van der Waals surface area contributed by atoms with Crippen molar-refractivity contribution in [2.75, 3.05) is 13.1 Å². The molecule has 2 rings (SSSR count). The number of ether oxygens (including phenoxy) is 1. The molecule has 1 heterocycles. The molecule has 1 saturated heterocycles. The first-order valence-electron chi connectivity index (χ1n) is 6.76. The SMILES string of the molecule is CC(C)OC1CCN(C(=O)c2cccc(F)c2)CC1. The van der Waals surface area contributed by atoms with Crippen molar-refractivity contribution < 1.29 is 13.9 Å². The summed E-state index contributed by atoms with van der Waals surface area (Å²) in [5.74, 6) is -0.466. The van der Waals surface area contributed by atoms with E-state index in [2.05, 4.69) is 0 Å². The predicted molar refractivity (Wildman–Crippen MR) is 71.5 cm³/mol. The van der Waals surface area contributed by atoms with Crippen LogP contribution in [0.1, 0.15) is 37.0 Å². The predicted octanol–water partition coefficient (Wildman–Crippen LogP) is 2.86. The van der Waals surface area contributed by atoms with Gasteiger partial charge in [0.25, 0.3) is 5.91 Å². The number of amides is 1. The van der Waals surface area contributed by atoms with Gasteiger partial charge in [-0.1, -0.05) is 6.07 Å². The van der Waals surface area contributed by atoms with Crippen LogP contribution >= 0.6 is 0 Å². The van der Waals surface area contributed by atoms with Crippen LogP contribution in [0.2, 0.25) is 0 Å². The second kappa shape index (κ2) is 6.15. The highest BCUT2D eigenvalue weighted by atomic mass is 19.1. The number of likely N-dealkylation sites (tertiary alicyclic amines) is 1. The Morgan fingerprint density at radius 1 is 1.37 bits per heavy atom. The second-order valence-electron chi connectivity index (χ2n) is 5.19. The van der Waals surface area contributed by atoms with E-state index in [0.29, 0.717) is 18.7 Å². The zero-order valence-electron chi connectivity index (χ0n) is 11.4. The van der Waals surface area contributed by atoms with E-state index in [-0.39, 0.29) is 23.9 Å². The Balaban J connectivity index is 1.92. The third-order valence-corrected chi connectivity index (χ3v) is 3.27. The number of carbonyl (C=O) groups excluding carboxylic acids is 1. The number of halogens is 1. The Kier molecular flexibility index (Phi) is 4.53. The van der Waals surface area contributed by atoms with Gasteiger partial charge in [-0.15, -0.1) is 0 Å². The summed E-state index contributed by atoms with van der Waals surface area (Å²) in [4.78, 5) is 14.0. The molecule has 0 bridgehead atoms. The van der Waals surface area contributed by atoms with Gasteiger partial charge >= 0.3 is 0 Å². The number of carbonyl (C=O) groups is 1. The minimum absolute atomic E-state index is 0.0949. The first-order chi connectivity index (χ1) is 9.06. The van der Waals surface area contributed by atoms with Gasteiger partial charge < -0.3 is 9.64 Å². The van der Waals surface area contributed by atoms with Crippen molar-refractivity contribution in [2.24, 2.45) is 0 Å². The van der Waals surface area contributed by atoms with Gasteiger partial charge in [-0.3, -0.25) is 4.79 Å². The number of piperidine rings is 1. The maximum absolute atomic E-state index is 13.1. The van der Waals surface area contributed by atoms with E-state index in [1.54, 1.807) is 17.0 Å². The minimum atomic E-state index is -0.371. The minimum Gasteiger partial charge on any atom is -0.375 e. The molecule has 104 valence electrons. The van der Waals surface area contributed by atoms with Crippen LogP contribution in [-0.4, -0.2) is 36.1 Å². The van der Waals surface area contributed by atoms with Crippen LogP contribution in [-0.2, 0) is 4.74 Å². The van der Waals surface area contributed by atoms with E-state index in [4.69, 9.17) is 4.74 Å². The summed E-state index contributed by atoms with van der Waals surface area (Å²) in [6.07, 6.45) is 2.14. The zero-order valence-corrected chi connectivity index (χ0v) is 11.4. The van der Waals surface area contributed by atoms with Gasteiger partial charge in [0.2, 0.25) is 0 Å². The van der Waals surface area contributed by atoms with E-state index >= 15 is 0 Å². The fourth-order valence-electron chi connectivity index (χ4n) is 2.38. The highest BCUT2D eigenvalue weighted by Gasteiger charge is 2.24. The van der Waals surface area contributed by atoms with E-state index in [1.165, 1.54) is 12.1 Å². The Hall–Kier alpha value is -1.42. The maximum atomic E-state index is 13.1. The van der Waals surface area contributed by atoms with E-state index in [9.17, 15) is 9.18 Å². The van der Waals surface area contributed by atoms with Crippen LogP contribution in [0.25, 0.3) is 0 Å². The highest BCUT2D eigenvalue weighted by Crippen LogP contribution is 2.17. The monoisotopic (exact) mass is 265 g/mol. The molecule has 1 aliphatic rings. The molecule has 4 heteroatoms. The summed E-state index contributed by atoms with van der Waals surface area (Å²) in [5, 5.41) is 0. The molecule has 0 aliphatic carbocycles. The summed E-state index contributed by atoms with van der Waals surface area (Å²) in [6, 6.07) is 5.86. The molecule has 1 aromatic carbocycles. The van der Waals surface area contributed by atoms with Gasteiger partial charge in [0.15, 0.2) is 0 Å². The average molecular weight is 265 g/mol. The Bertz CT molecular complexity index is 440. The number of nitrogens with zero attached hydrogens (tertiary/aromatic N) is 1. The molecule has 1 aromatic rings. The highest BCUT2D eigenvalue weighted by molar-refractivity contribution is 5.94. The molecule has 1 aliphatic heterocycles. The fourth-order valence-corrected chi connectivity index (χ4v) is 2.38. The summed E-state index contributed by atoms with van der Waals surface area (Å²) in [7, 11) is 0. The third kappa shape index (κ3) is 3.77. The number of benzene rings is 1. The lowest BCUT2D eigenvalue weighted by molar-refractivity contribution is -0.0236. The van der Waals surface area contributed by atoms with Crippen LogP contribution < -0.4 is 0 Å². The number of hydrogen-bond acceptors (Lipinski definition) is 2. The molecule has 0 radical (unpaired) electrons. The lowest BCUT2D eigenvalue weighted by Crippen LogP contribution is -2.41. The summed E-state index contributed by atoms with van der Waals surface area (Å²) < 4.78 is 18.9. The van der Waals surface area contributed by atoms with Crippen LogP contribution in [0.4, 0.5) is 4.39 Å². The summed E-state index contributed by atoms with van der Waals surface area (Å²) in [6.45, 7) is 5.38.